The number of nitrogens with zero attached hydrogens (tertiary/aromatic N) is 2. The van der Waals surface area contributed by atoms with E-state index in [0.29, 0.717) is 6.54 Å². The minimum absolute atomic E-state index is 0.256. The lowest BCUT2D eigenvalue weighted by atomic mass is 10.1. The van der Waals surface area contributed by atoms with Crippen LogP contribution in [0.5, 0.6) is 0 Å². The van der Waals surface area contributed by atoms with E-state index >= 15 is 0 Å². The van der Waals surface area contributed by atoms with Crippen molar-refractivity contribution in [3.63, 3.8) is 0 Å². The summed E-state index contributed by atoms with van der Waals surface area (Å²) < 4.78 is 1.99. The summed E-state index contributed by atoms with van der Waals surface area (Å²) in [5, 5.41) is 9.90. The van der Waals surface area contributed by atoms with Crippen molar-refractivity contribution in [1.82, 2.24) is 9.55 Å². The summed E-state index contributed by atoms with van der Waals surface area (Å²) in [7, 11) is 0. The molecule has 0 radical (unpaired) electrons. The van der Waals surface area contributed by atoms with E-state index in [1.165, 1.54) is 5.56 Å². The monoisotopic (exact) mass is 328 g/mol. The van der Waals surface area contributed by atoms with Gasteiger partial charge in [0.05, 0.1) is 23.1 Å². The molecule has 0 bridgehead atoms. The number of halogens is 1. The Labute approximate surface area is 139 Å². The van der Waals surface area contributed by atoms with Gasteiger partial charge >= 0.3 is 5.97 Å². The van der Waals surface area contributed by atoms with Crippen LogP contribution in [0.15, 0.2) is 36.4 Å². The lowest BCUT2D eigenvalue weighted by Crippen LogP contribution is -2.04. The predicted octanol–water partition coefficient (Wildman–Crippen LogP) is 4.31. The summed E-state index contributed by atoms with van der Waals surface area (Å²) in [5.74, 6) is -0.110. The standard InChI is InChI=1S/C18H17ClN2O2/c1-3-12-4-5-14(15(19)8-12)10-21-11(2)20-16-7-6-13(18(22)23)9-17(16)21/h4-9H,3,10H2,1-2H3,(H,22,23). The third kappa shape index (κ3) is 2.94. The van der Waals surface area contributed by atoms with Crippen molar-refractivity contribution in [2.45, 2.75) is 26.8 Å². The highest BCUT2D eigenvalue weighted by atomic mass is 35.5. The number of carboxylic acid groups (broad SMARTS) is 1. The van der Waals surface area contributed by atoms with Gasteiger partial charge in [-0.15, -0.1) is 0 Å². The van der Waals surface area contributed by atoms with E-state index in [0.717, 1.165) is 33.9 Å². The number of aromatic nitrogens is 2. The summed E-state index contributed by atoms with van der Waals surface area (Å²) in [4.78, 5) is 15.7. The fraction of sp³-hybridized carbons (Fsp3) is 0.222. The maximum Gasteiger partial charge on any atom is 0.335 e. The van der Waals surface area contributed by atoms with Crippen LogP contribution in [0.2, 0.25) is 5.02 Å². The molecule has 0 aliphatic heterocycles. The Morgan fingerprint density at radius 3 is 2.70 bits per heavy atom. The molecule has 0 unspecified atom stereocenters. The van der Waals surface area contributed by atoms with Gasteiger partial charge in [0, 0.05) is 5.02 Å². The third-order valence-corrected chi connectivity index (χ3v) is 4.39. The summed E-state index contributed by atoms with van der Waals surface area (Å²) in [5.41, 5.74) is 4.03. The normalized spacial score (nSPS) is 11.1. The number of aromatic carboxylic acids is 1. The molecule has 0 saturated heterocycles. The van der Waals surface area contributed by atoms with Gasteiger partial charge in [-0.25, -0.2) is 9.78 Å². The Bertz CT molecular complexity index is 899. The number of carbonyl (C=O) groups is 1. The smallest absolute Gasteiger partial charge is 0.335 e. The molecule has 1 heterocycles. The molecule has 0 aliphatic rings. The molecule has 2 aromatic carbocycles. The molecule has 1 aromatic heterocycles. The average Bonchev–Trinajstić information content (AvgIpc) is 2.84. The molecule has 0 saturated carbocycles. The second kappa shape index (κ2) is 6.05. The second-order valence-electron chi connectivity index (χ2n) is 5.53. The van der Waals surface area contributed by atoms with E-state index in [1.807, 2.05) is 23.6 Å². The molecule has 118 valence electrons. The van der Waals surface area contributed by atoms with Crippen LogP contribution in [-0.4, -0.2) is 20.6 Å². The zero-order valence-corrected chi connectivity index (χ0v) is 13.8. The van der Waals surface area contributed by atoms with Gasteiger partial charge in [-0.1, -0.05) is 30.7 Å². The van der Waals surface area contributed by atoms with Crippen LogP contribution in [0.3, 0.4) is 0 Å². The maximum absolute atomic E-state index is 11.2. The highest BCUT2D eigenvalue weighted by Crippen LogP contribution is 2.24. The van der Waals surface area contributed by atoms with Crippen molar-refractivity contribution in [3.8, 4) is 0 Å². The van der Waals surface area contributed by atoms with Crippen LogP contribution in [-0.2, 0) is 13.0 Å². The summed E-state index contributed by atoms with van der Waals surface area (Å²) in [6.45, 7) is 4.56. The van der Waals surface area contributed by atoms with Crippen molar-refractivity contribution in [2.75, 3.05) is 0 Å². The van der Waals surface area contributed by atoms with E-state index in [-0.39, 0.29) is 5.56 Å². The molecule has 23 heavy (non-hydrogen) atoms. The Morgan fingerprint density at radius 2 is 2.04 bits per heavy atom. The molecule has 3 rings (SSSR count). The molecule has 0 atom stereocenters. The van der Waals surface area contributed by atoms with Gasteiger partial charge in [0.15, 0.2) is 0 Å². The van der Waals surface area contributed by atoms with Crippen molar-refractivity contribution >= 4 is 28.6 Å². The molecule has 3 aromatic rings. The van der Waals surface area contributed by atoms with Crippen LogP contribution < -0.4 is 0 Å². The second-order valence-corrected chi connectivity index (χ2v) is 5.94. The highest BCUT2D eigenvalue weighted by Gasteiger charge is 2.12. The van der Waals surface area contributed by atoms with Gasteiger partial charge in [0.25, 0.3) is 0 Å². The molecule has 5 heteroatoms. The Morgan fingerprint density at radius 1 is 1.26 bits per heavy atom. The number of imidazole rings is 1. The van der Waals surface area contributed by atoms with E-state index < -0.39 is 5.97 Å². The molecule has 0 aliphatic carbocycles. The van der Waals surface area contributed by atoms with Gasteiger partial charge in [-0.2, -0.15) is 0 Å². The number of aryl methyl sites for hydroxylation is 2. The molecule has 0 amide bonds. The van der Waals surface area contributed by atoms with Gasteiger partial charge in [-0.05, 0) is 48.7 Å². The fourth-order valence-electron chi connectivity index (χ4n) is 2.69. The number of hydrogen-bond acceptors (Lipinski definition) is 2. The zero-order valence-electron chi connectivity index (χ0n) is 13.0. The topological polar surface area (TPSA) is 55.1 Å². The average molecular weight is 329 g/mol. The predicted molar refractivity (Wildman–Crippen MR) is 91.4 cm³/mol. The van der Waals surface area contributed by atoms with Gasteiger partial charge < -0.3 is 9.67 Å². The van der Waals surface area contributed by atoms with Crippen molar-refractivity contribution in [3.05, 3.63) is 63.9 Å². The molecular formula is C18H17ClN2O2. The summed E-state index contributed by atoms with van der Waals surface area (Å²) >= 11 is 6.38. The molecule has 4 nitrogen and oxygen atoms in total. The summed E-state index contributed by atoms with van der Waals surface area (Å²) in [6, 6.07) is 11.0. The van der Waals surface area contributed by atoms with Crippen molar-refractivity contribution < 1.29 is 9.90 Å². The number of benzene rings is 2. The lowest BCUT2D eigenvalue weighted by Gasteiger charge is -2.10. The Balaban J connectivity index is 2.07. The van der Waals surface area contributed by atoms with E-state index in [4.69, 9.17) is 11.6 Å². The Hall–Kier alpha value is -2.33. The number of hydrogen-bond donors (Lipinski definition) is 1. The van der Waals surface area contributed by atoms with Crippen LogP contribution in [0.4, 0.5) is 0 Å². The van der Waals surface area contributed by atoms with Gasteiger partial charge in [0.2, 0.25) is 0 Å². The third-order valence-electron chi connectivity index (χ3n) is 4.04. The van der Waals surface area contributed by atoms with Gasteiger partial charge in [0.1, 0.15) is 5.82 Å². The number of carboxylic acids is 1. The SMILES string of the molecule is CCc1ccc(Cn2c(C)nc3ccc(C(=O)O)cc32)c(Cl)c1. The molecular weight excluding hydrogens is 312 g/mol. The minimum Gasteiger partial charge on any atom is -0.478 e. The van der Waals surface area contributed by atoms with E-state index in [9.17, 15) is 9.90 Å². The highest BCUT2D eigenvalue weighted by molar-refractivity contribution is 6.31. The quantitative estimate of drug-likeness (QED) is 0.776. The largest absolute Gasteiger partial charge is 0.478 e. The van der Waals surface area contributed by atoms with Gasteiger partial charge in [-0.3, -0.25) is 0 Å². The van der Waals surface area contributed by atoms with Crippen LogP contribution >= 0.6 is 11.6 Å². The molecule has 1 N–H and O–H groups in total. The Kier molecular flexibility index (Phi) is 4.09. The van der Waals surface area contributed by atoms with Crippen LogP contribution in [0.25, 0.3) is 11.0 Å². The number of fused-ring (bicyclic) bond motifs is 1. The first-order valence-electron chi connectivity index (χ1n) is 7.47. The first-order chi connectivity index (χ1) is 11.0. The lowest BCUT2D eigenvalue weighted by molar-refractivity contribution is 0.0697. The molecule has 0 fully saturated rings. The van der Waals surface area contributed by atoms with E-state index in [1.54, 1.807) is 18.2 Å². The fourth-order valence-corrected chi connectivity index (χ4v) is 2.95. The number of rotatable bonds is 4. The maximum atomic E-state index is 11.2. The zero-order chi connectivity index (χ0) is 16.6. The molecule has 0 spiro atoms. The first kappa shape index (κ1) is 15.6. The first-order valence-corrected chi connectivity index (χ1v) is 7.85. The van der Waals surface area contributed by atoms with Crippen molar-refractivity contribution in [1.29, 1.82) is 0 Å². The minimum atomic E-state index is -0.942. The van der Waals surface area contributed by atoms with Crippen LogP contribution in [0.1, 0.15) is 34.2 Å². The van der Waals surface area contributed by atoms with Crippen molar-refractivity contribution in [2.24, 2.45) is 0 Å². The van der Waals surface area contributed by atoms with Crippen LogP contribution in [0, 0.1) is 6.92 Å². The van der Waals surface area contributed by atoms with E-state index in [2.05, 4.69) is 18.0 Å². The summed E-state index contributed by atoms with van der Waals surface area (Å²) in [6.07, 6.45) is 0.939.